The van der Waals surface area contributed by atoms with Gasteiger partial charge in [0.2, 0.25) is 5.91 Å². The molecule has 0 spiro atoms. The van der Waals surface area contributed by atoms with Crippen molar-refractivity contribution in [3.8, 4) is 0 Å². The van der Waals surface area contributed by atoms with E-state index in [1.165, 1.54) is 0 Å². The van der Waals surface area contributed by atoms with Crippen molar-refractivity contribution in [2.75, 3.05) is 17.7 Å². The molecule has 2 rings (SSSR count). The number of benzene rings is 1. The summed E-state index contributed by atoms with van der Waals surface area (Å²) in [6.07, 6.45) is 1.82. The van der Waals surface area contributed by atoms with Crippen molar-refractivity contribution >= 4 is 17.3 Å². The fourth-order valence-electron chi connectivity index (χ4n) is 2.41. The number of carbonyl (C=O) groups excluding carboxylic acids is 1. The van der Waals surface area contributed by atoms with Crippen LogP contribution >= 0.6 is 0 Å². The molecule has 1 atom stereocenters. The zero-order valence-corrected chi connectivity index (χ0v) is 11.4. The molecule has 1 saturated heterocycles. The SMILES string of the molecule is CC1(C)CC(Nc2cc(C(N)=O)ccc2N)CCO1. The number of anilines is 2. The number of ether oxygens (including phenoxy) is 1. The van der Waals surface area contributed by atoms with Gasteiger partial charge in [-0.3, -0.25) is 4.79 Å². The zero-order valence-electron chi connectivity index (χ0n) is 11.4. The molecule has 5 N–H and O–H groups in total. The first kappa shape index (κ1) is 13.7. The molecular weight excluding hydrogens is 242 g/mol. The van der Waals surface area contributed by atoms with Crippen LogP contribution in [0.5, 0.6) is 0 Å². The third kappa shape index (κ3) is 3.38. The average Bonchev–Trinajstić information content (AvgIpc) is 2.30. The molecule has 5 nitrogen and oxygen atoms in total. The van der Waals surface area contributed by atoms with E-state index < -0.39 is 5.91 Å². The summed E-state index contributed by atoms with van der Waals surface area (Å²) in [6.45, 7) is 4.87. The quantitative estimate of drug-likeness (QED) is 0.724. The van der Waals surface area contributed by atoms with Crippen LogP contribution in [0.3, 0.4) is 0 Å². The van der Waals surface area contributed by atoms with E-state index in [1.54, 1.807) is 18.2 Å². The minimum absolute atomic E-state index is 0.133. The van der Waals surface area contributed by atoms with Crippen LogP contribution in [0.25, 0.3) is 0 Å². The Labute approximate surface area is 113 Å². The molecule has 0 aliphatic carbocycles. The summed E-state index contributed by atoms with van der Waals surface area (Å²) in [6, 6.07) is 5.33. The second-order valence-corrected chi connectivity index (χ2v) is 5.61. The smallest absolute Gasteiger partial charge is 0.248 e. The van der Waals surface area contributed by atoms with Crippen LogP contribution in [0.1, 0.15) is 37.0 Å². The molecule has 0 aromatic heterocycles. The number of nitrogen functional groups attached to an aromatic ring is 1. The maximum atomic E-state index is 11.2. The number of nitrogens with two attached hydrogens (primary N) is 2. The Morgan fingerprint density at radius 3 is 2.84 bits per heavy atom. The molecule has 5 heteroatoms. The normalized spacial score (nSPS) is 21.9. The lowest BCUT2D eigenvalue weighted by molar-refractivity contribution is -0.0553. The van der Waals surface area contributed by atoms with E-state index in [1.807, 2.05) is 0 Å². The van der Waals surface area contributed by atoms with Crippen LogP contribution in [0.2, 0.25) is 0 Å². The van der Waals surface area contributed by atoms with Gasteiger partial charge in [-0.2, -0.15) is 0 Å². The number of primary amides is 1. The molecule has 1 aromatic rings. The Morgan fingerprint density at radius 2 is 2.21 bits per heavy atom. The van der Waals surface area contributed by atoms with Crippen LogP contribution in [0.15, 0.2) is 18.2 Å². The highest BCUT2D eigenvalue weighted by atomic mass is 16.5. The maximum Gasteiger partial charge on any atom is 0.248 e. The Hall–Kier alpha value is -1.75. The Morgan fingerprint density at radius 1 is 1.47 bits per heavy atom. The van der Waals surface area contributed by atoms with Crippen LogP contribution < -0.4 is 16.8 Å². The number of carbonyl (C=O) groups is 1. The summed E-state index contributed by atoms with van der Waals surface area (Å²) in [5, 5.41) is 3.39. The van der Waals surface area contributed by atoms with Gasteiger partial charge in [0.25, 0.3) is 0 Å². The van der Waals surface area contributed by atoms with Crippen LogP contribution in [-0.2, 0) is 4.74 Å². The molecule has 1 fully saturated rings. The average molecular weight is 263 g/mol. The van der Waals surface area contributed by atoms with Gasteiger partial charge in [-0.15, -0.1) is 0 Å². The lowest BCUT2D eigenvalue weighted by Gasteiger charge is -2.36. The third-order valence-electron chi connectivity index (χ3n) is 3.39. The summed E-state index contributed by atoms with van der Waals surface area (Å²) in [5.74, 6) is -0.449. The monoisotopic (exact) mass is 263 g/mol. The number of amides is 1. The van der Waals surface area contributed by atoms with Gasteiger partial charge >= 0.3 is 0 Å². The number of hydrogen-bond acceptors (Lipinski definition) is 4. The van der Waals surface area contributed by atoms with E-state index in [4.69, 9.17) is 16.2 Å². The van der Waals surface area contributed by atoms with E-state index in [-0.39, 0.29) is 11.6 Å². The predicted molar refractivity (Wildman–Crippen MR) is 76.0 cm³/mol. The molecule has 1 aliphatic heterocycles. The molecule has 1 unspecified atom stereocenters. The first-order valence-corrected chi connectivity index (χ1v) is 6.47. The summed E-state index contributed by atoms with van der Waals surface area (Å²) in [7, 11) is 0. The maximum absolute atomic E-state index is 11.2. The lowest BCUT2D eigenvalue weighted by Crippen LogP contribution is -2.40. The van der Waals surface area contributed by atoms with Gasteiger partial charge < -0.3 is 21.5 Å². The standard InChI is InChI=1S/C14H21N3O2/c1-14(2)8-10(5-6-19-14)17-12-7-9(13(16)18)3-4-11(12)15/h3-4,7,10,17H,5-6,8,15H2,1-2H3,(H2,16,18). The highest BCUT2D eigenvalue weighted by Gasteiger charge is 2.29. The third-order valence-corrected chi connectivity index (χ3v) is 3.39. The van der Waals surface area contributed by atoms with Gasteiger partial charge in [0.1, 0.15) is 0 Å². The minimum atomic E-state index is -0.449. The molecule has 104 valence electrons. The van der Waals surface area contributed by atoms with E-state index in [2.05, 4.69) is 19.2 Å². The molecule has 0 bridgehead atoms. The van der Waals surface area contributed by atoms with Crippen molar-refractivity contribution in [1.82, 2.24) is 0 Å². The van der Waals surface area contributed by atoms with Crippen molar-refractivity contribution in [2.24, 2.45) is 5.73 Å². The summed E-state index contributed by atoms with van der Waals surface area (Å²) in [5.41, 5.74) is 12.9. The van der Waals surface area contributed by atoms with E-state index in [0.29, 0.717) is 11.3 Å². The first-order chi connectivity index (χ1) is 8.87. The first-order valence-electron chi connectivity index (χ1n) is 6.47. The Balaban J connectivity index is 2.14. The largest absolute Gasteiger partial charge is 0.397 e. The fourth-order valence-corrected chi connectivity index (χ4v) is 2.41. The second kappa shape index (κ2) is 5.09. The van der Waals surface area contributed by atoms with Gasteiger partial charge in [0.05, 0.1) is 17.0 Å². The number of hydrogen-bond donors (Lipinski definition) is 3. The molecule has 1 aliphatic rings. The van der Waals surface area contributed by atoms with Gasteiger partial charge in [-0.05, 0) is 44.9 Å². The topological polar surface area (TPSA) is 90.4 Å². The molecule has 1 aromatic carbocycles. The molecule has 1 amide bonds. The summed E-state index contributed by atoms with van der Waals surface area (Å²) >= 11 is 0. The highest BCUT2D eigenvalue weighted by Crippen LogP contribution is 2.28. The van der Waals surface area contributed by atoms with Crippen LogP contribution in [0.4, 0.5) is 11.4 Å². The van der Waals surface area contributed by atoms with Crippen LogP contribution in [0, 0.1) is 0 Å². The zero-order chi connectivity index (χ0) is 14.0. The highest BCUT2D eigenvalue weighted by molar-refractivity contribution is 5.94. The van der Waals surface area contributed by atoms with E-state index in [9.17, 15) is 4.79 Å². The van der Waals surface area contributed by atoms with Crippen molar-refractivity contribution in [2.45, 2.75) is 38.3 Å². The van der Waals surface area contributed by atoms with Crippen molar-refractivity contribution in [1.29, 1.82) is 0 Å². The van der Waals surface area contributed by atoms with Gasteiger partial charge in [0.15, 0.2) is 0 Å². The lowest BCUT2D eigenvalue weighted by atomic mass is 9.93. The van der Waals surface area contributed by atoms with Gasteiger partial charge in [-0.25, -0.2) is 0 Å². The van der Waals surface area contributed by atoms with Gasteiger partial charge in [0, 0.05) is 18.2 Å². The van der Waals surface area contributed by atoms with E-state index >= 15 is 0 Å². The van der Waals surface area contributed by atoms with Gasteiger partial charge in [-0.1, -0.05) is 0 Å². The molecule has 0 radical (unpaired) electrons. The Bertz CT molecular complexity index is 486. The Kier molecular flexibility index (Phi) is 3.66. The molecule has 0 saturated carbocycles. The summed E-state index contributed by atoms with van der Waals surface area (Å²) in [4.78, 5) is 11.2. The van der Waals surface area contributed by atoms with E-state index in [0.717, 1.165) is 25.1 Å². The fraction of sp³-hybridized carbons (Fsp3) is 0.500. The number of nitrogens with one attached hydrogen (secondary N) is 1. The van der Waals surface area contributed by atoms with Crippen LogP contribution in [-0.4, -0.2) is 24.2 Å². The predicted octanol–water partition coefficient (Wildman–Crippen LogP) is 1.74. The molecular formula is C14H21N3O2. The second-order valence-electron chi connectivity index (χ2n) is 5.61. The minimum Gasteiger partial charge on any atom is -0.397 e. The molecule has 19 heavy (non-hydrogen) atoms. The van der Waals surface area contributed by atoms with Crippen molar-refractivity contribution < 1.29 is 9.53 Å². The summed E-state index contributed by atoms with van der Waals surface area (Å²) < 4.78 is 5.68. The van der Waals surface area contributed by atoms with Crippen molar-refractivity contribution in [3.05, 3.63) is 23.8 Å². The number of rotatable bonds is 3. The molecule has 1 heterocycles. The van der Waals surface area contributed by atoms with Crippen molar-refractivity contribution in [3.63, 3.8) is 0 Å².